The van der Waals surface area contributed by atoms with Gasteiger partial charge in [0.25, 0.3) is 0 Å². The number of rotatable bonds is 3. The standard InChI is InChI=1S/3C8H11NS.3Cu/c3*1-9(2)7-5-3-4-6-8(7)10;;;/h3*3-6,10H,1-2H3;;;/q;;;3*+1/p-3. The van der Waals surface area contributed by atoms with E-state index in [-0.39, 0.29) is 51.2 Å². The van der Waals surface area contributed by atoms with Gasteiger partial charge in [-0.3, -0.25) is 0 Å². The summed E-state index contributed by atoms with van der Waals surface area (Å²) in [7, 11) is 11.9. The number of benzene rings is 3. The first-order valence-electron chi connectivity index (χ1n) is 9.45. The molecule has 0 atom stereocenters. The Bertz CT molecular complexity index is 793. The van der Waals surface area contributed by atoms with Crippen molar-refractivity contribution in [1.82, 2.24) is 0 Å². The summed E-state index contributed by atoms with van der Waals surface area (Å²) in [6.45, 7) is 0. The van der Waals surface area contributed by atoms with Crippen LogP contribution < -0.4 is 14.7 Å². The molecule has 0 N–H and O–H groups in total. The molecule has 9 heteroatoms. The van der Waals surface area contributed by atoms with E-state index < -0.39 is 0 Å². The zero-order valence-electron chi connectivity index (χ0n) is 19.4. The van der Waals surface area contributed by atoms with Crippen LogP contribution in [0.4, 0.5) is 17.1 Å². The molecular weight excluding hydrogens is 617 g/mol. The molecule has 0 spiro atoms. The SMILES string of the molecule is CN(C)c1ccccc1[S-].CN(C)c1ccccc1[S-].CN(C)c1ccccc1[S-].[Cu+].[Cu+].[Cu+]. The predicted molar refractivity (Wildman–Crippen MR) is 139 cm³/mol. The molecule has 0 aliphatic heterocycles. The van der Waals surface area contributed by atoms with Crippen molar-refractivity contribution in [1.29, 1.82) is 0 Å². The van der Waals surface area contributed by atoms with Crippen molar-refractivity contribution in [3.63, 3.8) is 0 Å². The van der Waals surface area contributed by atoms with Gasteiger partial charge in [-0.1, -0.05) is 54.6 Å². The van der Waals surface area contributed by atoms with Crippen LogP contribution in [0.25, 0.3) is 0 Å². The molecule has 0 heterocycles. The van der Waals surface area contributed by atoms with E-state index in [1.807, 2.05) is 130 Å². The maximum Gasteiger partial charge on any atom is 1.00 e. The number of hydrogen-bond acceptors (Lipinski definition) is 6. The van der Waals surface area contributed by atoms with E-state index in [4.69, 9.17) is 37.9 Å². The first-order valence-corrected chi connectivity index (χ1v) is 10.7. The average Bonchev–Trinajstić information content (AvgIpc) is 2.69. The summed E-state index contributed by atoms with van der Waals surface area (Å²) in [5, 5.41) is 0. The molecule has 0 bridgehead atoms. The molecule has 33 heavy (non-hydrogen) atoms. The number of anilines is 3. The van der Waals surface area contributed by atoms with E-state index in [0.717, 1.165) is 31.7 Å². The molecule has 192 valence electrons. The Morgan fingerprint density at radius 2 is 0.576 bits per heavy atom. The molecule has 3 rings (SSSR count). The molecule has 0 aliphatic rings. The Balaban J connectivity index is -0.000000391. The minimum absolute atomic E-state index is 0. The van der Waals surface area contributed by atoms with Crippen molar-refractivity contribution in [2.45, 2.75) is 14.7 Å². The van der Waals surface area contributed by atoms with E-state index in [2.05, 4.69) is 0 Å². The normalized spacial score (nSPS) is 8.55. The van der Waals surface area contributed by atoms with Gasteiger partial charge < -0.3 is 52.6 Å². The quantitative estimate of drug-likeness (QED) is 0.292. The van der Waals surface area contributed by atoms with Crippen molar-refractivity contribution in [3.05, 3.63) is 72.8 Å². The average molecular weight is 647 g/mol. The van der Waals surface area contributed by atoms with Crippen LogP contribution in [0.5, 0.6) is 0 Å². The van der Waals surface area contributed by atoms with E-state index in [0.29, 0.717) is 0 Å². The van der Waals surface area contributed by atoms with E-state index >= 15 is 0 Å². The second-order valence-corrected chi connectivity index (χ2v) is 8.41. The number of para-hydroxylation sites is 3. The van der Waals surface area contributed by atoms with Gasteiger partial charge in [-0.15, -0.1) is 0 Å². The third kappa shape index (κ3) is 13.7. The summed E-state index contributed by atoms with van der Waals surface area (Å²) in [4.78, 5) is 8.78. The van der Waals surface area contributed by atoms with Gasteiger partial charge in [-0.05, 0) is 18.2 Å². The first kappa shape index (κ1) is 36.8. The molecule has 3 nitrogen and oxygen atoms in total. The minimum atomic E-state index is 0. The van der Waals surface area contributed by atoms with Crippen LogP contribution in [0.1, 0.15) is 0 Å². The fourth-order valence-corrected chi connectivity index (χ4v) is 3.47. The smallest absolute Gasteiger partial charge is 0.778 e. The van der Waals surface area contributed by atoms with Gasteiger partial charge in [0.15, 0.2) is 0 Å². The second-order valence-electron chi connectivity index (χ2n) is 7.09. The van der Waals surface area contributed by atoms with Crippen molar-refractivity contribution < 1.29 is 51.2 Å². The second kappa shape index (κ2) is 19.6. The topological polar surface area (TPSA) is 9.72 Å². The molecule has 0 radical (unpaired) electrons. The van der Waals surface area contributed by atoms with Gasteiger partial charge in [0.05, 0.1) is 0 Å². The van der Waals surface area contributed by atoms with Crippen LogP contribution in [0.15, 0.2) is 87.5 Å². The summed E-state index contributed by atoms with van der Waals surface area (Å²) in [5.74, 6) is 0. The molecule has 0 aromatic heterocycles. The van der Waals surface area contributed by atoms with Crippen molar-refractivity contribution in [2.75, 3.05) is 57.0 Å². The summed E-state index contributed by atoms with van der Waals surface area (Å²) in [5.41, 5.74) is 3.33. The molecule has 0 fully saturated rings. The van der Waals surface area contributed by atoms with Crippen molar-refractivity contribution in [2.24, 2.45) is 0 Å². The molecule has 0 unspecified atom stereocenters. The molecule has 3 aromatic carbocycles. The third-order valence-electron chi connectivity index (χ3n) is 4.04. The Labute approximate surface area is 248 Å². The molecular formula is C24H30Cu3N3S3. The van der Waals surface area contributed by atoms with Crippen LogP contribution in [0.3, 0.4) is 0 Å². The number of hydrogen-bond donors (Lipinski definition) is 0. The fraction of sp³-hybridized carbons (Fsp3) is 0.250. The van der Waals surface area contributed by atoms with Crippen LogP contribution in [-0.4, -0.2) is 42.3 Å². The monoisotopic (exact) mass is 645 g/mol. The van der Waals surface area contributed by atoms with E-state index in [1.165, 1.54) is 0 Å². The first-order chi connectivity index (χ1) is 14.1. The van der Waals surface area contributed by atoms with Crippen LogP contribution in [-0.2, 0) is 89.1 Å². The van der Waals surface area contributed by atoms with Gasteiger partial charge in [-0.25, -0.2) is 0 Å². The Morgan fingerprint density at radius 3 is 0.697 bits per heavy atom. The Hall–Kier alpha value is -0.722. The summed E-state index contributed by atoms with van der Waals surface area (Å²) < 4.78 is 0. The maximum absolute atomic E-state index is 5.09. The summed E-state index contributed by atoms with van der Waals surface area (Å²) in [6.07, 6.45) is 0. The third-order valence-corrected chi connectivity index (χ3v) is 5.08. The van der Waals surface area contributed by atoms with Gasteiger partial charge in [-0.2, -0.15) is 14.7 Å². The molecule has 0 aliphatic carbocycles. The molecule has 0 saturated heterocycles. The van der Waals surface area contributed by atoms with Gasteiger partial charge >= 0.3 is 51.2 Å². The summed E-state index contributed by atoms with van der Waals surface area (Å²) in [6, 6.07) is 23.7. The van der Waals surface area contributed by atoms with E-state index in [9.17, 15) is 0 Å². The fourth-order valence-electron chi connectivity index (χ4n) is 2.48. The van der Waals surface area contributed by atoms with Gasteiger partial charge in [0.2, 0.25) is 0 Å². The Morgan fingerprint density at radius 1 is 0.394 bits per heavy atom. The zero-order chi connectivity index (χ0) is 22.7. The minimum Gasteiger partial charge on any atom is -0.778 e. The molecule has 0 amide bonds. The zero-order valence-corrected chi connectivity index (χ0v) is 24.7. The predicted octanol–water partition coefficient (Wildman–Crippen LogP) is 4.97. The van der Waals surface area contributed by atoms with Crippen molar-refractivity contribution in [3.8, 4) is 0 Å². The summed E-state index contributed by atoms with van der Waals surface area (Å²) >= 11 is 15.3. The van der Waals surface area contributed by atoms with Crippen LogP contribution in [0, 0.1) is 0 Å². The van der Waals surface area contributed by atoms with Crippen LogP contribution >= 0.6 is 0 Å². The van der Waals surface area contributed by atoms with Gasteiger partial charge in [0.1, 0.15) is 0 Å². The maximum atomic E-state index is 5.09. The number of nitrogens with zero attached hydrogens (tertiary/aromatic N) is 3. The molecule has 3 aromatic rings. The molecule has 0 saturated carbocycles. The Kier molecular flexibility index (Phi) is 21.8. The van der Waals surface area contributed by atoms with E-state index in [1.54, 1.807) is 0 Å². The largest absolute Gasteiger partial charge is 1.00 e. The van der Waals surface area contributed by atoms with Crippen LogP contribution in [0.2, 0.25) is 0 Å². The van der Waals surface area contributed by atoms with Gasteiger partial charge in [0, 0.05) is 59.3 Å². The van der Waals surface area contributed by atoms with Crippen molar-refractivity contribution >= 4 is 54.9 Å².